The molecule has 6 nitrogen and oxygen atoms in total. The molecule has 2 saturated heterocycles. The second-order valence-electron chi connectivity index (χ2n) is 11.5. The maximum absolute atomic E-state index is 11.8. The van der Waals surface area contributed by atoms with Gasteiger partial charge in [0.05, 0.1) is 32.0 Å². The van der Waals surface area contributed by atoms with Crippen molar-refractivity contribution in [3.8, 4) is 0 Å². The monoisotopic (exact) mass is 492 g/mol. The van der Waals surface area contributed by atoms with Gasteiger partial charge in [-0.2, -0.15) is 0 Å². The van der Waals surface area contributed by atoms with Crippen LogP contribution in [0.25, 0.3) is 0 Å². The van der Waals surface area contributed by atoms with Crippen molar-refractivity contribution in [2.45, 2.75) is 103 Å². The van der Waals surface area contributed by atoms with Crippen molar-refractivity contribution in [2.75, 3.05) is 13.2 Å². The third-order valence-corrected chi connectivity index (χ3v) is 12.4. The number of hydrogen-bond acceptors (Lipinski definition) is 6. The maximum Gasteiger partial charge on any atom is 0.302 e. The van der Waals surface area contributed by atoms with E-state index in [0.717, 1.165) is 12.0 Å². The zero-order valence-corrected chi connectivity index (χ0v) is 23.3. The molecule has 0 aromatic heterocycles. The predicted molar refractivity (Wildman–Crippen MR) is 135 cm³/mol. The highest BCUT2D eigenvalue weighted by Gasteiger charge is 2.58. The summed E-state index contributed by atoms with van der Waals surface area (Å²) < 4.78 is 31.9. The normalized spacial score (nSPS) is 32.5. The zero-order chi connectivity index (χ0) is 25.1. The first kappa shape index (κ1) is 27.3. The van der Waals surface area contributed by atoms with Crippen molar-refractivity contribution in [3.63, 3.8) is 0 Å². The standard InChI is InChI=1S/C27H44O6Si/c1-19-24(31-21(3)28)14-15-30-27(19)20(2)25(33-34(7,8)26(4,5)6)16-23(32-27)18-29-17-22-12-10-9-11-13-22/h9-13,19-20,23-25H,14-18H2,1-8H3/t19-,20+,23-,24+,25-,27-/m1/s1. The lowest BCUT2D eigenvalue weighted by molar-refractivity contribution is -0.370. The molecule has 0 aliphatic carbocycles. The third kappa shape index (κ3) is 6.11. The largest absolute Gasteiger partial charge is 0.462 e. The predicted octanol–water partition coefficient (Wildman–Crippen LogP) is 5.70. The van der Waals surface area contributed by atoms with Crippen molar-refractivity contribution < 1.29 is 28.2 Å². The van der Waals surface area contributed by atoms with E-state index in [4.69, 9.17) is 23.4 Å². The minimum Gasteiger partial charge on any atom is -0.462 e. The van der Waals surface area contributed by atoms with Crippen molar-refractivity contribution in [3.05, 3.63) is 35.9 Å². The summed E-state index contributed by atoms with van der Waals surface area (Å²) in [5.74, 6) is -1.29. The zero-order valence-electron chi connectivity index (χ0n) is 22.3. The third-order valence-electron chi connectivity index (χ3n) is 7.95. The molecule has 7 heteroatoms. The summed E-state index contributed by atoms with van der Waals surface area (Å²) in [6.45, 7) is 18.5. The van der Waals surface area contributed by atoms with Crippen LogP contribution in [0.15, 0.2) is 30.3 Å². The van der Waals surface area contributed by atoms with Crippen LogP contribution in [-0.4, -0.2) is 51.6 Å². The van der Waals surface area contributed by atoms with Crippen LogP contribution in [0.4, 0.5) is 0 Å². The molecular formula is C27H44O6Si. The van der Waals surface area contributed by atoms with E-state index in [-0.39, 0.29) is 41.2 Å². The van der Waals surface area contributed by atoms with Gasteiger partial charge in [0, 0.05) is 31.6 Å². The Labute approximate surface area is 206 Å². The minimum atomic E-state index is -2.03. The number of benzene rings is 1. The van der Waals surface area contributed by atoms with Gasteiger partial charge in [-0.15, -0.1) is 0 Å². The first-order chi connectivity index (χ1) is 15.9. The van der Waals surface area contributed by atoms with E-state index < -0.39 is 14.1 Å². The van der Waals surface area contributed by atoms with E-state index in [2.05, 4.69) is 59.8 Å². The molecule has 0 unspecified atom stereocenters. The summed E-state index contributed by atoms with van der Waals surface area (Å²) in [5, 5.41) is 0.0941. The van der Waals surface area contributed by atoms with E-state index in [9.17, 15) is 4.79 Å². The Morgan fingerprint density at radius 3 is 2.38 bits per heavy atom. The van der Waals surface area contributed by atoms with Crippen molar-refractivity contribution >= 4 is 14.3 Å². The molecule has 1 aromatic rings. The van der Waals surface area contributed by atoms with Crippen LogP contribution in [0, 0.1) is 11.8 Å². The van der Waals surface area contributed by atoms with E-state index in [0.29, 0.717) is 26.2 Å². The minimum absolute atomic E-state index is 0.0136. The average molecular weight is 493 g/mol. The van der Waals surface area contributed by atoms with Gasteiger partial charge in [0.25, 0.3) is 0 Å². The molecule has 34 heavy (non-hydrogen) atoms. The summed E-state index contributed by atoms with van der Waals surface area (Å²) in [7, 11) is -2.03. The van der Waals surface area contributed by atoms with Crippen LogP contribution in [0.5, 0.6) is 0 Å². The Hall–Kier alpha value is -1.25. The quantitative estimate of drug-likeness (QED) is 0.359. The number of esters is 1. The van der Waals surface area contributed by atoms with Gasteiger partial charge in [-0.3, -0.25) is 4.79 Å². The van der Waals surface area contributed by atoms with Crippen LogP contribution in [0.2, 0.25) is 18.1 Å². The lowest BCUT2D eigenvalue weighted by Crippen LogP contribution is -2.65. The summed E-state index contributed by atoms with van der Waals surface area (Å²) >= 11 is 0. The summed E-state index contributed by atoms with van der Waals surface area (Å²) in [6, 6.07) is 10.2. The summed E-state index contributed by atoms with van der Waals surface area (Å²) in [6.07, 6.45) is 0.970. The number of hydrogen-bond donors (Lipinski definition) is 0. The molecule has 1 spiro atoms. The molecule has 0 amide bonds. The van der Waals surface area contributed by atoms with Crippen molar-refractivity contribution in [1.82, 2.24) is 0 Å². The molecule has 192 valence electrons. The Morgan fingerprint density at radius 1 is 1.12 bits per heavy atom. The van der Waals surface area contributed by atoms with E-state index in [1.807, 2.05) is 18.2 Å². The molecule has 2 aliphatic heterocycles. The Morgan fingerprint density at radius 2 is 1.76 bits per heavy atom. The van der Waals surface area contributed by atoms with Gasteiger partial charge in [0.15, 0.2) is 14.1 Å². The molecule has 2 fully saturated rings. The molecule has 1 aromatic carbocycles. The first-order valence-electron chi connectivity index (χ1n) is 12.6. The van der Waals surface area contributed by atoms with Gasteiger partial charge < -0.3 is 23.4 Å². The number of carbonyl (C=O) groups is 1. The highest BCUT2D eigenvalue weighted by molar-refractivity contribution is 6.74. The molecule has 0 saturated carbocycles. The van der Waals surface area contributed by atoms with E-state index in [1.165, 1.54) is 6.92 Å². The van der Waals surface area contributed by atoms with Gasteiger partial charge >= 0.3 is 5.97 Å². The average Bonchev–Trinajstić information content (AvgIpc) is 2.74. The molecule has 0 N–H and O–H groups in total. The molecule has 0 radical (unpaired) electrons. The smallest absolute Gasteiger partial charge is 0.302 e. The maximum atomic E-state index is 11.8. The SMILES string of the molecule is CC(=O)O[C@H]1CCO[C@@]2(O[C@@H](COCc3ccccc3)C[C@@H](O[Si](C)(C)C(C)(C)C)[C@@H]2C)[C@@H]1C. The highest BCUT2D eigenvalue weighted by atomic mass is 28.4. The van der Waals surface area contributed by atoms with Crippen LogP contribution in [0.3, 0.4) is 0 Å². The fraction of sp³-hybridized carbons (Fsp3) is 0.741. The Kier molecular flexibility index (Phi) is 8.67. The number of rotatable bonds is 7. The van der Waals surface area contributed by atoms with Crippen molar-refractivity contribution in [2.24, 2.45) is 11.8 Å². The molecule has 0 bridgehead atoms. The molecule has 2 heterocycles. The van der Waals surface area contributed by atoms with Crippen LogP contribution >= 0.6 is 0 Å². The van der Waals surface area contributed by atoms with Crippen molar-refractivity contribution in [1.29, 1.82) is 0 Å². The van der Waals surface area contributed by atoms with E-state index >= 15 is 0 Å². The van der Waals surface area contributed by atoms with Crippen LogP contribution < -0.4 is 0 Å². The number of ether oxygens (including phenoxy) is 4. The van der Waals surface area contributed by atoms with E-state index in [1.54, 1.807) is 0 Å². The first-order valence-corrected chi connectivity index (χ1v) is 15.5. The van der Waals surface area contributed by atoms with Gasteiger partial charge in [-0.05, 0) is 23.7 Å². The molecular weight excluding hydrogens is 448 g/mol. The Bertz CT molecular complexity index is 807. The topological polar surface area (TPSA) is 63.2 Å². The van der Waals surface area contributed by atoms with Gasteiger partial charge in [0.1, 0.15) is 6.10 Å². The molecule has 6 atom stereocenters. The number of carbonyl (C=O) groups excluding carboxylic acids is 1. The molecule has 2 aliphatic rings. The second kappa shape index (κ2) is 10.8. The van der Waals surface area contributed by atoms with Crippen LogP contribution in [-0.2, 0) is 34.8 Å². The van der Waals surface area contributed by atoms with Gasteiger partial charge in [-0.25, -0.2) is 0 Å². The fourth-order valence-electron chi connectivity index (χ4n) is 4.86. The molecule has 3 rings (SSSR count). The lowest BCUT2D eigenvalue weighted by atomic mass is 9.76. The second-order valence-corrected chi connectivity index (χ2v) is 16.2. The van der Waals surface area contributed by atoms with Gasteiger partial charge in [0.2, 0.25) is 0 Å². The Balaban J connectivity index is 1.82. The summed E-state index contributed by atoms with van der Waals surface area (Å²) in [4.78, 5) is 11.8. The highest BCUT2D eigenvalue weighted by Crippen LogP contribution is 2.48. The van der Waals surface area contributed by atoms with Crippen LogP contribution in [0.1, 0.15) is 59.9 Å². The van der Waals surface area contributed by atoms with Gasteiger partial charge in [-0.1, -0.05) is 65.0 Å². The fourth-order valence-corrected chi connectivity index (χ4v) is 6.28. The summed E-state index contributed by atoms with van der Waals surface area (Å²) in [5.41, 5.74) is 1.13. The lowest BCUT2D eigenvalue weighted by Gasteiger charge is -2.56.